The summed E-state index contributed by atoms with van der Waals surface area (Å²) in [5.74, 6) is 0.554. The molecule has 1 amide bonds. The van der Waals surface area contributed by atoms with Crippen molar-refractivity contribution in [1.29, 1.82) is 0 Å². The Kier molecular flexibility index (Phi) is 2.25. The number of fused-ring (bicyclic) bond motifs is 1. The summed E-state index contributed by atoms with van der Waals surface area (Å²) in [6, 6.07) is 0. The Balaban J connectivity index is 2.50. The summed E-state index contributed by atoms with van der Waals surface area (Å²) < 4.78 is 0. The number of aromatic nitrogens is 2. The molecular formula is C8H9ClN4O. The molecule has 1 aliphatic rings. The lowest BCUT2D eigenvalue weighted by Crippen LogP contribution is -2.11. The number of hydrogen-bond acceptors (Lipinski definition) is 4. The van der Waals surface area contributed by atoms with E-state index >= 15 is 0 Å². The molecule has 2 rings (SSSR count). The van der Waals surface area contributed by atoms with E-state index in [2.05, 4.69) is 20.6 Å². The van der Waals surface area contributed by atoms with E-state index in [0.29, 0.717) is 30.2 Å². The van der Waals surface area contributed by atoms with Gasteiger partial charge in [0.15, 0.2) is 5.82 Å². The van der Waals surface area contributed by atoms with E-state index < -0.39 is 0 Å². The van der Waals surface area contributed by atoms with Crippen molar-refractivity contribution in [3.63, 3.8) is 0 Å². The number of nitrogens with zero attached hydrogens (tertiary/aromatic N) is 2. The number of carbonyl (C=O) groups excluding carboxylic acids is 1. The highest BCUT2D eigenvalue weighted by Gasteiger charge is 2.16. The predicted octanol–water partition coefficient (Wildman–Crippen LogP) is 1.19. The molecule has 0 bridgehead atoms. The Morgan fingerprint density at radius 1 is 1.43 bits per heavy atom. The first-order chi connectivity index (χ1) is 6.66. The zero-order chi connectivity index (χ0) is 10.1. The lowest BCUT2D eigenvalue weighted by Gasteiger charge is -2.08. The van der Waals surface area contributed by atoms with Crippen LogP contribution >= 0.6 is 11.6 Å². The van der Waals surface area contributed by atoms with Crippen LogP contribution in [0.25, 0.3) is 0 Å². The van der Waals surface area contributed by atoms with Gasteiger partial charge in [0, 0.05) is 13.0 Å². The molecule has 1 aliphatic heterocycles. The van der Waals surface area contributed by atoms with Gasteiger partial charge in [0.2, 0.25) is 11.2 Å². The van der Waals surface area contributed by atoms with E-state index in [9.17, 15) is 4.79 Å². The lowest BCUT2D eigenvalue weighted by molar-refractivity contribution is -0.115. The molecule has 1 aromatic rings. The second-order valence-electron chi connectivity index (χ2n) is 3.03. The first-order valence-corrected chi connectivity index (χ1v) is 4.62. The second-order valence-corrected chi connectivity index (χ2v) is 3.36. The van der Waals surface area contributed by atoms with Gasteiger partial charge in [-0.1, -0.05) is 0 Å². The number of hydrogen-bond donors (Lipinski definition) is 2. The maximum atomic E-state index is 11.2. The van der Waals surface area contributed by atoms with E-state index in [4.69, 9.17) is 11.6 Å². The highest BCUT2D eigenvalue weighted by molar-refractivity contribution is 6.28. The summed E-state index contributed by atoms with van der Waals surface area (Å²) in [5.41, 5.74) is 1.29. The Morgan fingerprint density at radius 3 is 3.00 bits per heavy atom. The quantitative estimate of drug-likeness (QED) is 0.634. The predicted molar refractivity (Wildman–Crippen MR) is 53.5 cm³/mol. The third-order valence-corrected chi connectivity index (χ3v) is 2.14. The van der Waals surface area contributed by atoms with Crippen molar-refractivity contribution >= 4 is 29.0 Å². The van der Waals surface area contributed by atoms with Crippen LogP contribution in [0.15, 0.2) is 0 Å². The minimum absolute atomic E-state index is 0.0368. The van der Waals surface area contributed by atoms with Gasteiger partial charge in [-0.3, -0.25) is 4.79 Å². The molecule has 0 spiro atoms. The van der Waals surface area contributed by atoms with Gasteiger partial charge in [0.05, 0.1) is 5.69 Å². The first kappa shape index (κ1) is 9.21. The van der Waals surface area contributed by atoms with Gasteiger partial charge in [-0.25, -0.2) is 4.98 Å². The van der Waals surface area contributed by atoms with Crippen LogP contribution in [0.5, 0.6) is 0 Å². The van der Waals surface area contributed by atoms with Crippen molar-refractivity contribution < 1.29 is 4.79 Å². The van der Waals surface area contributed by atoms with E-state index in [-0.39, 0.29) is 11.2 Å². The van der Waals surface area contributed by atoms with E-state index in [1.807, 2.05) is 0 Å². The molecule has 6 heteroatoms. The summed E-state index contributed by atoms with van der Waals surface area (Å²) >= 11 is 5.70. The molecule has 2 N–H and O–H groups in total. The Hall–Kier alpha value is -1.36. The van der Waals surface area contributed by atoms with Crippen molar-refractivity contribution in [3.8, 4) is 0 Å². The summed E-state index contributed by atoms with van der Waals surface area (Å²) in [6.07, 6.45) is 0.424. The van der Waals surface area contributed by atoms with Gasteiger partial charge in [-0.2, -0.15) is 4.98 Å². The van der Waals surface area contributed by atoms with Crippen LogP contribution in [0, 0.1) is 6.92 Å². The molecule has 0 atom stereocenters. The number of aryl methyl sites for hydroxylation is 1. The Morgan fingerprint density at radius 2 is 2.21 bits per heavy atom. The highest BCUT2D eigenvalue weighted by Crippen LogP contribution is 2.25. The van der Waals surface area contributed by atoms with E-state index in [0.717, 1.165) is 0 Å². The largest absolute Gasteiger partial charge is 0.368 e. The molecule has 14 heavy (non-hydrogen) atoms. The molecular weight excluding hydrogens is 204 g/mol. The fourth-order valence-corrected chi connectivity index (χ4v) is 1.52. The molecule has 0 saturated heterocycles. The Bertz CT molecular complexity index is 393. The van der Waals surface area contributed by atoms with Crippen molar-refractivity contribution in [2.24, 2.45) is 0 Å². The number of carbonyl (C=O) groups is 1. The van der Waals surface area contributed by atoms with Gasteiger partial charge in [-0.15, -0.1) is 0 Å². The normalized spacial score (nSPS) is 15.1. The van der Waals surface area contributed by atoms with Crippen LogP contribution in [0.4, 0.5) is 11.5 Å². The maximum absolute atomic E-state index is 11.2. The fourth-order valence-electron chi connectivity index (χ4n) is 1.31. The van der Waals surface area contributed by atoms with Gasteiger partial charge in [-0.05, 0) is 18.5 Å². The van der Waals surface area contributed by atoms with E-state index in [1.54, 1.807) is 6.92 Å². The van der Waals surface area contributed by atoms with Crippen LogP contribution in [0.2, 0.25) is 5.28 Å². The summed E-state index contributed by atoms with van der Waals surface area (Å²) in [6.45, 7) is 2.34. The molecule has 5 nitrogen and oxygen atoms in total. The third kappa shape index (κ3) is 1.63. The maximum Gasteiger partial charge on any atom is 0.226 e. The van der Waals surface area contributed by atoms with Crippen molar-refractivity contribution in [3.05, 3.63) is 11.0 Å². The molecule has 0 radical (unpaired) electrons. The molecule has 2 heterocycles. The van der Waals surface area contributed by atoms with Crippen molar-refractivity contribution in [2.45, 2.75) is 13.3 Å². The number of amides is 1. The van der Waals surface area contributed by atoms with Gasteiger partial charge < -0.3 is 10.6 Å². The first-order valence-electron chi connectivity index (χ1n) is 4.24. The zero-order valence-electron chi connectivity index (χ0n) is 7.59. The number of halogens is 1. The SMILES string of the molecule is Cc1nc(Cl)nc2c1NC(=O)CCN2. The van der Waals surface area contributed by atoms with Crippen LogP contribution in [0.1, 0.15) is 12.1 Å². The van der Waals surface area contributed by atoms with Crippen LogP contribution in [0.3, 0.4) is 0 Å². The summed E-state index contributed by atoms with van der Waals surface area (Å²) in [5, 5.41) is 5.94. The van der Waals surface area contributed by atoms with Gasteiger partial charge >= 0.3 is 0 Å². The average molecular weight is 213 g/mol. The standard InChI is InChI=1S/C8H9ClN4O/c1-4-6-7(13-8(9)11-4)10-3-2-5(14)12-6/h2-3H2,1H3,(H,12,14)(H,10,11,13). The monoisotopic (exact) mass is 212 g/mol. The number of nitrogens with one attached hydrogen (secondary N) is 2. The molecule has 0 unspecified atom stereocenters. The highest BCUT2D eigenvalue weighted by atomic mass is 35.5. The molecule has 0 aromatic carbocycles. The molecule has 1 aromatic heterocycles. The summed E-state index contributed by atoms with van der Waals surface area (Å²) in [7, 11) is 0. The van der Waals surface area contributed by atoms with E-state index in [1.165, 1.54) is 0 Å². The van der Waals surface area contributed by atoms with Gasteiger partial charge in [0.1, 0.15) is 5.69 Å². The fraction of sp³-hybridized carbons (Fsp3) is 0.375. The third-order valence-electron chi connectivity index (χ3n) is 1.97. The minimum Gasteiger partial charge on any atom is -0.368 e. The van der Waals surface area contributed by atoms with Crippen LogP contribution in [-0.2, 0) is 4.79 Å². The van der Waals surface area contributed by atoms with Crippen molar-refractivity contribution in [2.75, 3.05) is 17.2 Å². The Labute approximate surface area is 85.9 Å². The van der Waals surface area contributed by atoms with Crippen LogP contribution in [-0.4, -0.2) is 22.4 Å². The van der Waals surface area contributed by atoms with Crippen LogP contribution < -0.4 is 10.6 Å². The summed E-state index contributed by atoms with van der Waals surface area (Å²) in [4.78, 5) is 19.2. The molecule has 0 aliphatic carbocycles. The molecule has 0 fully saturated rings. The zero-order valence-corrected chi connectivity index (χ0v) is 8.35. The topological polar surface area (TPSA) is 66.9 Å². The van der Waals surface area contributed by atoms with Gasteiger partial charge in [0.25, 0.3) is 0 Å². The van der Waals surface area contributed by atoms with Crippen molar-refractivity contribution in [1.82, 2.24) is 9.97 Å². The lowest BCUT2D eigenvalue weighted by atomic mass is 10.3. The number of anilines is 2. The number of rotatable bonds is 0. The average Bonchev–Trinajstić information content (AvgIpc) is 2.27. The molecule has 0 saturated carbocycles. The minimum atomic E-state index is -0.0368. The second kappa shape index (κ2) is 3.42. The molecule has 74 valence electrons. The smallest absolute Gasteiger partial charge is 0.226 e.